The Hall–Kier alpha value is -8.48. The van der Waals surface area contributed by atoms with E-state index in [2.05, 4.69) is 281 Å². The number of ether oxygens (including phenoxy) is 3. The molecule has 15 heteroatoms. The first kappa shape index (κ1) is 104. The lowest BCUT2D eigenvalue weighted by Crippen LogP contribution is -2.43. The summed E-state index contributed by atoms with van der Waals surface area (Å²) in [6.45, 7) is 20.8. The van der Waals surface area contributed by atoms with Gasteiger partial charge in [-0.1, -0.05) is 252 Å². The number of hydrogen-bond donors (Lipinski definition) is 8. The number of nitrogens with one attached hydrogen (secondary N) is 5. The summed E-state index contributed by atoms with van der Waals surface area (Å²) >= 11 is 0. The Kier molecular flexibility index (Phi) is 40.4. The van der Waals surface area contributed by atoms with E-state index in [9.17, 15) is 19.2 Å². The van der Waals surface area contributed by atoms with Gasteiger partial charge in [0.2, 0.25) is 0 Å². The summed E-state index contributed by atoms with van der Waals surface area (Å²) in [5.74, 6) is 5.26. The number of carboxylic acids is 2. The molecule has 9 N–H and O–H groups in total. The topological polar surface area (TPSA) is 223 Å². The fourth-order valence-electron chi connectivity index (χ4n) is 22.2. The molecule has 12 aliphatic rings. The number of benzene rings is 6. The number of nitrogens with two attached hydrogens (primary N) is 1. The maximum Gasteiger partial charge on any atom is 0.306 e. The number of rotatable bonds is 34. The zero-order valence-electron chi connectivity index (χ0n) is 83.3. The smallest absolute Gasteiger partial charge is 0.306 e. The van der Waals surface area contributed by atoms with Gasteiger partial charge in [0.25, 0.3) is 0 Å². The van der Waals surface area contributed by atoms with Gasteiger partial charge >= 0.3 is 17.9 Å². The number of carbonyl (C=O) groups is 4. The van der Waals surface area contributed by atoms with E-state index >= 15 is 0 Å². The Morgan fingerprint density at radius 2 is 0.593 bits per heavy atom. The van der Waals surface area contributed by atoms with Crippen molar-refractivity contribution in [2.75, 3.05) is 13.2 Å². The van der Waals surface area contributed by atoms with Crippen molar-refractivity contribution in [1.29, 1.82) is 0 Å². The van der Waals surface area contributed by atoms with Crippen molar-refractivity contribution in [3.63, 3.8) is 0 Å². The molecule has 135 heavy (non-hydrogen) atoms. The van der Waals surface area contributed by atoms with E-state index in [1.165, 1.54) is 189 Å². The van der Waals surface area contributed by atoms with Crippen LogP contribution in [0.25, 0.3) is 36.5 Å². The highest BCUT2D eigenvalue weighted by molar-refractivity contribution is 5.79. The van der Waals surface area contributed by atoms with Crippen LogP contribution in [-0.4, -0.2) is 125 Å². The molecule has 11 aliphatic carbocycles. The molecule has 6 aromatic rings. The highest BCUT2D eigenvalue weighted by Crippen LogP contribution is 2.46. The number of esters is 1. The maximum atomic E-state index is 11.8. The van der Waals surface area contributed by atoms with E-state index in [1.807, 2.05) is 26.8 Å². The van der Waals surface area contributed by atoms with Crippen LogP contribution < -0.4 is 32.3 Å². The second-order valence-electron chi connectivity index (χ2n) is 43.3. The molecule has 0 radical (unpaired) electrons. The highest BCUT2D eigenvalue weighted by atomic mass is 16.7. The first-order valence-electron chi connectivity index (χ1n) is 52.7. The van der Waals surface area contributed by atoms with Gasteiger partial charge in [0.15, 0.2) is 5.79 Å². The SMILES string of the molecule is C/C(=C\c1ccccc1)C1CC1N.C/C(=C\c1ccccc1)C1CC1NC1CCC(=O)CC1.C/C(=C\c1ccccc1)C1CC1NC1CCC(CCCC(=O)O)CC1.C/C(=C\c1ccccc1)C1CC1NC1CCC(CCCC(=O)O)CC1.C/C(=C\c1ccccc1)C1CC1NC1CCC(CCCC(=O)OC(C)(C)C)CC1.C/C(=C\c1ccccc1)C1CC1NC1CCC2(CC1)OCCO2. The third kappa shape index (κ3) is 37.0. The third-order valence-electron chi connectivity index (χ3n) is 30.8. The van der Waals surface area contributed by atoms with Gasteiger partial charge in [-0.15, -0.1) is 0 Å². The number of ketones is 1. The summed E-state index contributed by atoms with van der Waals surface area (Å²) in [5, 5.41) is 36.7. The Morgan fingerprint density at radius 3 is 0.837 bits per heavy atom. The average Bonchev–Trinajstić information content (AvgIpc) is 1.68. The first-order chi connectivity index (χ1) is 65.3. The molecule has 730 valence electrons. The zero-order valence-corrected chi connectivity index (χ0v) is 83.3. The van der Waals surface area contributed by atoms with Crippen molar-refractivity contribution in [2.24, 2.45) is 59.0 Å². The van der Waals surface area contributed by atoms with Gasteiger partial charge in [0.1, 0.15) is 11.4 Å². The van der Waals surface area contributed by atoms with E-state index in [4.69, 9.17) is 30.2 Å². The summed E-state index contributed by atoms with van der Waals surface area (Å²) in [6.07, 6.45) is 51.8. The minimum atomic E-state index is -0.658. The Bertz CT molecular complexity index is 4660. The van der Waals surface area contributed by atoms with Gasteiger partial charge in [0, 0.05) is 111 Å². The summed E-state index contributed by atoms with van der Waals surface area (Å²) in [7, 11) is 0. The van der Waals surface area contributed by atoms with Crippen molar-refractivity contribution in [3.8, 4) is 0 Å². The Labute approximate surface area is 811 Å². The molecule has 12 unspecified atom stereocenters. The van der Waals surface area contributed by atoms with E-state index < -0.39 is 11.9 Å². The molecular weight excluding hydrogens is 1670 g/mol. The van der Waals surface area contributed by atoms with Gasteiger partial charge < -0.3 is 56.7 Å². The molecule has 1 spiro atoms. The summed E-state index contributed by atoms with van der Waals surface area (Å²) < 4.78 is 17.0. The molecule has 12 atom stereocenters. The molecule has 1 heterocycles. The molecule has 0 amide bonds. The van der Waals surface area contributed by atoms with E-state index in [0.717, 1.165) is 114 Å². The van der Waals surface area contributed by atoms with Crippen LogP contribution in [0.5, 0.6) is 0 Å². The molecule has 6 aromatic carbocycles. The standard InChI is InChI=1S/C26H39NO2.2C22H31NO2.C20H27NO2.C18H23NO.C12H15N/c1-19(17-21-9-6-5-7-10-21)23-18-24(23)27-22-15-13-20(14-16-22)11-8-12-25(28)29-26(2,3)4;2*1-16(14-18-6-3-2-4-7-18)20-15-21(20)23-19-12-10-17(11-13-19)8-5-9-22(24)25;1-15(13-16-5-3-2-4-6-16)18-14-19(18)21-17-7-9-20(10-8-17)22-11-12-23-20;1-13(11-14-5-3-2-4-6-14)17-12-18(17)19-15-7-9-16(20)10-8-15;1-9(11-8-12(11)13)7-10-5-3-2-4-6-10/h5-7,9-10,17,20,22-24,27H,8,11-16,18H2,1-4H3;2*2-4,6-7,14,17,19-21,23H,5,8-13,15H2,1H3,(H,24,25);2-6,13,17-19,21H,7-12,14H2,1H3;2-6,11,15,17-19H,7-10,12H2,1H3;2-7,11-12H,8,13H2,1H3/b19-17+;2*16-14+;15-13+;13-11+;9-7+. The van der Waals surface area contributed by atoms with Gasteiger partial charge in [-0.25, -0.2) is 0 Å². The van der Waals surface area contributed by atoms with Crippen molar-refractivity contribution in [1.82, 2.24) is 26.6 Å². The number of carbonyl (C=O) groups excluding carboxylic acids is 2. The van der Waals surface area contributed by atoms with E-state index in [1.54, 1.807) is 0 Å². The number of hydrogen-bond acceptors (Lipinski definition) is 13. The molecule has 0 aromatic heterocycles. The molecule has 15 nitrogen and oxygen atoms in total. The Morgan fingerprint density at radius 1 is 0.356 bits per heavy atom. The maximum absolute atomic E-state index is 11.8. The van der Waals surface area contributed by atoms with Crippen molar-refractivity contribution >= 4 is 60.1 Å². The summed E-state index contributed by atoms with van der Waals surface area (Å²) in [5.41, 5.74) is 22.1. The van der Waals surface area contributed by atoms with Crippen LogP contribution in [0, 0.1) is 53.3 Å². The van der Waals surface area contributed by atoms with Crippen LogP contribution >= 0.6 is 0 Å². The van der Waals surface area contributed by atoms with Gasteiger partial charge in [-0.3, -0.25) is 19.2 Å². The molecule has 12 fully saturated rings. The van der Waals surface area contributed by atoms with Crippen LogP contribution in [0.2, 0.25) is 0 Å². The zero-order chi connectivity index (χ0) is 95.1. The minimum absolute atomic E-state index is 0.0495. The number of carboxylic acid groups (broad SMARTS) is 2. The fourth-order valence-corrected chi connectivity index (χ4v) is 22.2. The minimum Gasteiger partial charge on any atom is -0.481 e. The van der Waals surface area contributed by atoms with Gasteiger partial charge in [0.05, 0.1) is 13.2 Å². The van der Waals surface area contributed by atoms with Crippen LogP contribution in [0.4, 0.5) is 0 Å². The van der Waals surface area contributed by atoms with E-state index in [-0.39, 0.29) is 17.4 Å². The summed E-state index contributed by atoms with van der Waals surface area (Å²) in [4.78, 5) is 44.3. The van der Waals surface area contributed by atoms with Crippen LogP contribution in [0.15, 0.2) is 215 Å². The fraction of sp³-hybridized carbons (Fsp3) is 0.567. The van der Waals surface area contributed by atoms with Crippen molar-refractivity contribution < 1.29 is 43.6 Å². The molecular formula is C120H166N6O9. The van der Waals surface area contributed by atoms with Crippen molar-refractivity contribution in [2.45, 2.75) is 365 Å². The molecule has 18 rings (SSSR count). The lowest BCUT2D eigenvalue weighted by atomic mass is 9.83. The number of aliphatic carboxylic acids is 2. The normalized spacial score (nSPS) is 28.8. The predicted molar refractivity (Wildman–Crippen MR) is 556 cm³/mol. The van der Waals surface area contributed by atoms with Crippen LogP contribution in [-0.2, 0) is 33.4 Å². The second-order valence-corrected chi connectivity index (χ2v) is 43.3. The third-order valence-corrected chi connectivity index (χ3v) is 30.8. The van der Waals surface area contributed by atoms with Crippen molar-refractivity contribution in [3.05, 3.63) is 249 Å². The molecule has 0 bridgehead atoms. The van der Waals surface area contributed by atoms with Gasteiger partial charge in [-0.05, 0) is 329 Å². The predicted octanol–water partition coefficient (Wildman–Crippen LogP) is 25.7. The second kappa shape index (κ2) is 52.5. The summed E-state index contributed by atoms with van der Waals surface area (Å²) in [6, 6.07) is 70.3. The van der Waals surface area contributed by atoms with Crippen LogP contribution in [0.3, 0.4) is 0 Å². The lowest BCUT2D eigenvalue weighted by Gasteiger charge is -2.35. The Balaban J connectivity index is 0.000000139. The molecule has 1 saturated heterocycles. The lowest BCUT2D eigenvalue weighted by molar-refractivity contribution is -0.179. The molecule has 11 saturated carbocycles. The first-order valence-corrected chi connectivity index (χ1v) is 52.7. The van der Waals surface area contributed by atoms with Gasteiger partial charge in [-0.2, -0.15) is 0 Å². The largest absolute Gasteiger partial charge is 0.481 e. The monoisotopic (exact) mass is 1840 g/mol. The average molecular weight is 1840 g/mol. The quantitative estimate of drug-likeness (QED) is 0.0176. The molecule has 1 aliphatic heterocycles. The van der Waals surface area contributed by atoms with Crippen LogP contribution in [0.1, 0.15) is 320 Å². The highest BCUT2D eigenvalue weighted by Gasteiger charge is 2.47. The van der Waals surface area contributed by atoms with E-state index in [0.29, 0.717) is 127 Å². The number of Topliss-reactive ketones (excluding diaryl/α,β-unsaturated/α-hetero) is 1.